The maximum atomic E-state index is 12.5. The number of aromatic amines is 1. The van der Waals surface area contributed by atoms with E-state index in [2.05, 4.69) is 15.5 Å². The third-order valence-corrected chi connectivity index (χ3v) is 3.91. The molecule has 3 rings (SSSR count). The number of nitrogens with zero attached hydrogens (tertiary/aromatic N) is 1. The molecule has 7 heteroatoms. The molecule has 0 aliphatic heterocycles. The molecule has 7 nitrogen and oxygen atoms in total. The third kappa shape index (κ3) is 3.32. The number of aromatic nitrogens is 2. The lowest BCUT2D eigenvalue weighted by atomic mass is 10.1. The van der Waals surface area contributed by atoms with Crippen LogP contribution in [0.25, 0.3) is 10.9 Å². The molecule has 26 heavy (non-hydrogen) atoms. The average Bonchev–Trinajstić information content (AvgIpc) is 3.16. The highest BCUT2D eigenvalue weighted by atomic mass is 16.5. The molecule has 0 saturated carbocycles. The Kier molecular flexibility index (Phi) is 5.07. The lowest BCUT2D eigenvalue weighted by molar-refractivity contribution is 0.104. The number of H-pyrrole nitrogens is 1. The first-order valence-corrected chi connectivity index (χ1v) is 7.87. The maximum Gasteiger partial charge on any atom is 0.203 e. The zero-order chi connectivity index (χ0) is 18.5. The van der Waals surface area contributed by atoms with Gasteiger partial charge in [0.25, 0.3) is 0 Å². The first-order valence-electron chi connectivity index (χ1n) is 7.87. The predicted molar refractivity (Wildman–Crippen MR) is 99.3 cm³/mol. The Labute approximate surface area is 150 Å². The van der Waals surface area contributed by atoms with Gasteiger partial charge in [0.1, 0.15) is 0 Å². The molecule has 0 saturated heterocycles. The standard InChI is InChI=1S/C19H19N3O4/c1-24-17-9-12(10-18(25-2)19(17)26-3)16(23)7-8-20-14-5-4-6-15-13(14)11-21-22-15/h4-11,20H,1-3H3,(H,21,22)/b8-7-. The molecule has 0 fully saturated rings. The number of ether oxygens (including phenoxy) is 3. The van der Waals surface area contributed by atoms with E-state index in [1.54, 1.807) is 24.5 Å². The number of hydrogen-bond donors (Lipinski definition) is 2. The van der Waals surface area contributed by atoms with E-state index in [9.17, 15) is 4.79 Å². The molecule has 1 aromatic heterocycles. The van der Waals surface area contributed by atoms with Crippen molar-refractivity contribution in [1.29, 1.82) is 0 Å². The molecule has 0 aliphatic carbocycles. The predicted octanol–water partition coefficient (Wildman–Crippen LogP) is 3.40. The Morgan fingerprint density at radius 2 is 1.85 bits per heavy atom. The van der Waals surface area contributed by atoms with E-state index >= 15 is 0 Å². The number of anilines is 1. The second kappa shape index (κ2) is 7.60. The van der Waals surface area contributed by atoms with Gasteiger partial charge < -0.3 is 19.5 Å². The molecular formula is C19H19N3O4. The summed E-state index contributed by atoms with van der Waals surface area (Å²) in [5, 5.41) is 11.0. The van der Waals surface area contributed by atoms with Crippen molar-refractivity contribution in [1.82, 2.24) is 10.2 Å². The van der Waals surface area contributed by atoms with Crippen molar-refractivity contribution in [3.05, 3.63) is 54.4 Å². The van der Waals surface area contributed by atoms with Crippen molar-refractivity contribution < 1.29 is 19.0 Å². The van der Waals surface area contributed by atoms with Gasteiger partial charge in [-0.1, -0.05) is 6.07 Å². The summed E-state index contributed by atoms with van der Waals surface area (Å²) in [6, 6.07) is 8.97. The van der Waals surface area contributed by atoms with Crippen LogP contribution in [0.3, 0.4) is 0 Å². The summed E-state index contributed by atoms with van der Waals surface area (Å²) in [4.78, 5) is 12.5. The van der Waals surface area contributed by atoms with Crippen LogP contribution in [0.15, 0.2) is 48.8 Å². The number of benzene rings is 2. The highest BCUT2D eigenvalue weighted by molar-refractivity contribution is 6.05. The van der Waals surface area contributed by atoms with E-state index in [0.29, 0.717) is 22.8 Å². The fourth-order valence-electron chi connectivity index (χ4n) is 2.62. The highest BCUT2D eigenvalue weighted by Gasteiger charge is 2.15. The van der Waals surface area contributed by atoms with Crippen LogP contribution in [0, 0.1) is 0 Å². The van der Waals surface area contributed by atoms with Gasteiger partial charge >= 0.3 is 0 Å². The normalized spacial score (nSPS) is 10.9. The Bertz CT molecular complexity index is 937. The average molecular weight is 353 g/mol. The fourth-order valence-corrected chi connectivity index (χ4v) is 2.62. The maximum absolute atomic E-state index is 12.5. The Morgan fingerprint density at radius 3 is 2.50 bits per heavy atom. The van der Waals surface area contributed by atoms with Crippen molar-refractivity contribution in [2.45, 2.75) is 0 Å². The number of nitrogens with one attached hydrogen (secondary N) is 2. The molecule has 0 spiro atoms. The molecule has 3 aromatic rings. The quantitative estimate of drug-likeness (QED) is 0.500. The molecule has 0 amide bonds. The molecule has 2 aromatic carbocycles. The van der Waals surface area contributed by atoms with Gasteiger partial charge in [-0.25, -0.2) is 0 Å². The van der Waals surface area contributed by atoms with Crippen molar-refractivity contribution in [2.75, 3.05) is 26.6 Å². The first-order chi connectivity index (χ1) is 12.7. The second-order valence-corrected chi connectivity index (χ2v) is 5.39. The number of allylic oxidation sites excluding steroid dienone is 1. The van der Waals surface area contributed by atoms with Gasteiger partial charge in [-0.3, -0.25) is 9.89 Å². The van der Waals surface area contributed by atoms with Crippen LogP contribution in [0.5, 0.6) is 17.2 Å². The summed E-state index contributed by atoms with van der Waals surface area (Å²) in [6.45, 7) is 0. The zero-order valence-corrected chi connectivity index (χ0v) is 14.7. The van der Waals surface area contributed by atoms with Gasteiger partial charge in [-0.2, -0.15) is 5.10 Å². The number of carbonyl (C=O) groups excluding carboxylic acids is 1. The minimum atomic E-state index is -0.198. The van der Waals surface area contributed by atoms with Gasteiger partial charge in [0.2, 0.25) is 5.75 Å². The number of methoxy groups -OCH3 is 3. The molecule has 0 unspecified atom stereocenters. The Morgan fingerprint density at radius 1 is 1.12 bits per heavy atom. The van der Waals surface area contributed by atoms with Crippen molar-refractivity contribution in [3.8, 4) is 17.2 Å². The topological polar surface area (TPSA) is 85.5 Å². The summed E-state index contributed by atoms with van der Waals surface area (Å²) in [6.07, 6.45) is 4.76. The van der Waals surface area contributed by atoms with Crippen LogP contribution in [-0.4, -0.2) is 37.3 Å². The lowest BCUT2D eigenvalue weighted by Gasteiger charge is -2.13. The summed E-state index contributed by atoms with van der Waals surface area (Å²) >= 11 is 0. The van der Waals surface area contributed by atoms with Gasteiger partial charge in [-0.15, -0.1) is 0 Å². The van der Waals surface area contributed by atoms with Crippen LogP contribution in [0.4, 0.5) is 5.69 Å². The number of fused-ring (bicyclic) bond motifs is 1. The van der Waals surface area contributed by atoms with E-state index in [1.807, 2.05) is 18.2 Å². The minimum absolute atomic E-state index is 0.198. The van der Waals surface area contributed by atoms with Gasteiger partial charge in [0.05, 0.1) is 33.0 Å². The minimum Gasteiger partial charge on any atom is -0.493 e. The van der Waals surface area contributed by atoms with Crippen LogP contribution in [0.1, 0.15) is 10.4 Å². The summed E-state index contributed by atoms with van der Waals surface area (Å²) in [5.74, 6) is 1.11. The molecule has 0 bridgehead atoms. The van der Waals surface area contributed by atoms with Crippen LogP contribution >= 0.6 is 0 Å². The molecular weight excluding hydrogens is 334 g/mol. The number of hydrogen-bond acceptors (Lipinski definition) is 6. The van der Waals surface area contributed by atoms with Crippen molar-refractivity contribution in [2.24, 2.45) is 0 Å². The Hall–Kier alpha value is -3.48. The van der Waals surface area contributed by atoms with E-state index in [-0.39, 0.29) is 5.78 Å². The summed E-state index contributed by atoms with van der Waals surface area (Å²) in [7, 11) is 4.53. The van der Waals surface area contributed by atoms with E-state index in [1.165, 1.54) is 27.4 Å². The third-order valence-electron chi connectivity index (χ3n) is 3.91. The molecule has 0 aliphatic rings. The number of rotatable bonds is 7. The molecule has 134 valence electrons. The smallest absolute Gasteiger partial charge is 0.203 e. The summed E-state index contributed by atoms with van der Waals surface area (Å²) in [5.41, 5.74) is 2.20. The fraction of sp³-hybridized carbons (Fsp3) is 0.158. The lowest BCUT2D eigenvalue weighted by Crippen LogP contribution is -2.01. The van der Waals surface area contributed by atoms with E-state index in [4.69, 9.17) is 14.2 Å². The van der Waals surface area contributed by atoms with Crippen LogP contribution < -0.4 is 19.5 Å². The van der Waals surface area contributed by atoms with Gasteiger partial charge in [0.15, 0.2) is 17.3 Å². The molecule has 2 N–H and O–H groups in total. The van der Waals surface area contributed by atoms with E-state index < -0.39 is 0 Å². The number of ketones is 1. The Balaban J connectivity index is 1.81. The van der Waals surface area contributed by atoms with Crippen LogP contribution in [-0.2, 0) is 0 Å². The van der Waals surface area contributed by atoms with Crippen molar-refractivity contribution >= 4 is 22.4 Å². The van der Waals surface area contributed by atoms with Gasteiger partial charge in [0, 0.05) is 28.9 Å². The summed E-state index contributed by atoms with van der Waals surface area (Å²) < 4.78 is 15.8. The second-order valence-electron chi connectivity index (χ2n) is 5.39. The molecule has 0 radical (unpaired) electrons. The highest BCUT2D eigenvalue weighted by Crippen LogP contribution is 2.38. The van der Waals surface area contributed by atoms with Crippen molar-refractivity contribution in [3.63, 3.8) is 0 Å². The number of carbonyl (C=O) groups is 1. The van der Waals surface area contributed by atoms with Gasteiger partial charge in [-0.05, 0) is 24.3 Å². The van der Waals surface area contributed by atoms with Crippen LogP contribution in [0.2, 0.25) is 0 Å². The van der Waals surface area contributed by atoms with E-state index in [0.717, 1.165) is 16.6 Å². The molecule has 1 heterocycles. The SMILES string of the molecule is COc1cc(C(=O)/C=C\Nc2cccc3[nH]ncc23)cc(OC)c1OC. The largest absolute Gasteiger partial charge is 0.493 e. The first kappa shape index (κ1) is 17.3. The zero-order valence-electron chi connectivity index (χ0n) is 14.7. The monoisotopic (exact) mass is 353 g/mol. The molecule has 0 atom stereocenters.